The van der Waals surface area contributed by atoms with Crippen LogP contribution in [0.25, 0.3) is 6.08 Å². The number of carbonyl (C=O) groups excluding carboxylic acids is 1. The highest BCUT2D eigenvalue weighted by atomic mass is 35.5. The van der Waals surface area contributed by atoms with Gasteiger partial charge in [0.2, 0.25) is 5.91 Å². The highest BCUT2D eigenvalue weighted by molar-refractivity contribution is 6.30. The first-order valence-electron chi connectivity index (χ1n) is 7.32. The number of halogens is 1. The molecule has 0 saturated heterocycles. The minimum Gasteiger partial charge on any atom is -0.496 e. The van der Waals surface area contributed by atoms with Crippen molar-refractivity contribution in [2.75, 3.05) is 14.2 Å². The lowest BCUT2D eigenvalue weighted by atomic mass is 10.1. The fourth-order valence-corrected chi connectivity index (χ4v) is 2.47. The molecule has 0 aromatic heterocycles. The van der Waals surface area contributed by atoms with Gasteiger partial charge in [0.15, 0.2) is 0 Å². The number of methoxy groups -OCH3 is 1. The summed E-state index contributed by atoms with van der Waals surface area (Å²) in [5.41, 5.74) is 3.04. The minimum absolute atomic E-state index is 0.0754. The van der Waals surface area contributed by atoms with Gasteiger partial charge in [-0.05, 0) is 36.8 Å². The summed E-state index contributed by atoms with van der Waals surface area (Å²) in [5.74, 6) is 0.644. The molecule has 0 N–H and O–H groups in total. The van der Waals surface area contributed by atoms with E-state index in [4.69, 9.17) is 16.3 Å². The quantitative estimate of drug-likeness (QED) is 0.764. The molecule has 4 heteroatoms. The van der Waals surface area contributed by atoms with Gasteiger partial charge in [0.25, 0.3) is 0 Å². The van der Waals surface area contributed by atoms with Crippen LogP contribution in [0, 0.1) is 6.92 Å². The molecule has 0 aliphatic carbocycles. The number of hydrogen-bond donors (Lipinski definition) is 0. The molecule has 2 aromatic rings. The number of carbonyl (C=O) groups is 1. The first-order valence-corrected chi connectivity index (χ1v) is 7.69. The van der Waals surface area contributed by atoms with Gasteiger partial charge in [-0.15, -0.1) is 0 Å². The molecule has 0 spiro atoms. The van der Waals surface area contributed by atoms with Crippen LogP contribution < -0.4 is 4.74 Å². The molecule has 120 valence electrons. The Labute approximate surface area is 142 Å². The van der Waals surface area contributed by atoms with E-state index < -0.39 is 0 Å². The summed E-state index contributed by atoms with van der Waals surface area (Å²) in [6.45, 7) is 2.46. The molecule has 0 aliphatic rings. The molecule has 0 heterocycles. The topological polar surface area (TPSA) is 29.5 Å². The second kappa shape index (κ2) is 7.84. The third-order valence-corrected chi connectivity index (χ3v) is 3.72. The average Bonchev–Trinajstić information content (AvgIpc) is 2.53. The lowest BCUT2D eigenvalue weighted by molar-refractivity contribution is -0.125. The number of likely N-dealkylation sites (N-methyl/N-ethyl adjacent to an activating group) is 1. The van der Waals surface area contributed by atoms with Gasteiger partial charge >= 0.3 is 0 Å². The fourth-order valence-electron chi connectivity index (χ4n) is 2.27. The normalized spacial score (nSPS) is 10.8. The van der Waals surface area contributed by atoms with E-state index in [1.165, 1.54) is 0 Å². The molecule has 0 fully saturated rings. The van der Waals surface area contributed by atoms with Crippen molar-refractivity contribution in [3.8, 4) is 5.75 Å². The summed E-state index contributed by atoms with van der Waals surface area (Å²) in [6, 6.07) is 13.4. The van der Waals surface area contributed by atoms with Gasteiger partial charge in [0.05, 0.1) is 7.11 Å². The van der Waals surface area contributed by atoms with Gasteiger partial charge in [0, 0.05) is 30.3 Å². The SMILES string of the molecule is COc1ccc(Cl)cc1CN(C)C(=O)/C=C/c1cccc(C)c1. The van der Waals surface area contributed by atoms with Crippen LogP contribution in [0.5, 0.6) is 5.75 Å². The van der Waals surface area contributed by atoms with E-state index in [1.54, 1.807) is 37.3 Å². The van der Waals surface area contributed by atoms with Gasteiger partial charge in [-0.2, -0.15) is 0 Å². The number of amides is 1. The van der Waals surface area contributed by atoms with E-state index in [0.29, 0.717) is 11.6 Å². The lowest BCUT2D eigenvalue weighted by Gasteiger charge is -2.17. The third kappa shape index (κ3) is 4.86. The molecule has 1 amide bonds. The third-order valence-electron chi connectivity index (χ3n) is 3.49. The number of aryl methyl sites for hydroxylation is 1. The summed E-state index contributed by atoms with van der Waals surface area (Å²) in [7, 11) is 3.36. The van der Waals surface area contributed by atoms with Crippen LogP contribution in [0.2, 0.25) is 5.02 Å². The van der Waals surface area contributed by atoms with Crippen LogP contribution in [0.3, 0.4) is 0 Å². The van der Waals surface area contributed by atoms with Crippen LogP contribution in [0.1, 0.15) is 16.7 Å². The van der Waals surface area contributed by atoms with E-state index in [-0.39, 0.29) is 5.91 Å². The summed E-state index contributed by atoms with van der Waals surface area (Å²) in [4.78, 5) is 13.9. The molecule has 2 rings (SSSR count). The molecule has 3 nitrogen and oxygen atoms in total. The first kappa shape index (κ1) is 17.1. The zero-order chi connectivity index (χ0) is 16.8. The molecule has 0 aliphatic heterocycles. The second-order valence-electron chi connectivity index (χ2n) is 5.40. The molecule has 0 bridgehead atoms. The Kier molecular flexibility index (Phi) is 5.83. The predicted molar refractivity (Wildman–Crippen MR) is 94.7 cm³/mol. The van der Waals surface area contributed by atoms with Crippen molar-refractivity contribution in [1.82, 2.24) is 4.90 Å². The number of rotatable bonds is 5. The predicted octanol–water partition coefficient (Wildman–Crippen LogP) is 4.33. The van der Waals surface area contributed by atoms with E-state index in [9.17, 15) is 4.79 Å². The van der Waals surface area contributed by atoms with Crippen LogP contribution in [0.4, 0.5) is 0 Å². The molecule has 0 radical (unpaired) electrons. The van der Waals surface area contributed by atoms with Gasteiger partial charge in [-0.25, -0.2) is 0 Å². The molecule has 23 heavy (non-hydrogen) atoms. The van der Waals surface area contributed by atoms with Crippen molar-refractivity contribution < 1.29 is 9.53 Å². The molecular formula is C19H20ClNO2. The average molecular weight is 330 g/mol. The standard InChI is InChI=1S/C19H20ClNO2/c1-14-5-4-6-15(11-14)7-10-19(22)21(2)13-16-12-17(20)8-9-18(16)23-3/h4-12H,13H2,1-3H3/b10-7+. The van der Waals surface area contributed by atoms with Crippen molar-refractivity contribution in [2.24, 2.45) is 0 Å². The van der Waals surface area contributed by atoms with Crippen molar-refractivity contribution >= 4 is 23.6 Å². The van der Waals surface area contributed by atoms with Gasteiger partial charge in [-0.3, -0.25) is 4.79 Å². The molecule has 0 unspecified atom stereocenters. The van der Waals surface area contributed by atoms with Crippen LogP contribution in [-0.4, -0.2) is 25.0 Å². The van der Waals surface area contributed by atoms with Crippen LogP contribution >= 0.6 is 11.6 Å². The number of benzene rings is 2. The largest absolute Gasteiger partial charge is 0.496 e. The summed E-state index contributed by atoms with van der Waals surface area (Å²) < 4.78 is 5.31. The number of hydrogen-bond acceptors (Lipinski definition) is 2. The van der Waals surface area contributed by atoms with Crippen LogP contribution in [-0.2, 0) is 11.3 Å². The van der Waals surface area contributed by atoms with E-state index in [0.717, 1.165) is 22.4 Å². The summed E-state index contributed by atoms with van der Waals surface area (Å²) >= 11 is 6.02. The van der Waals surface area contributed by atoms with Crippen molar-refractivity contribution in [3.05, 3.63) is 70.3 Å². The van der Waals surface area contributed by atoms with E-state index >= 15 is 0 Å². The van der Waals surface area contributed by atoms with Gasteiger partial charge in [0.1, 0.15) is 5.75 Å². The first-order chi connectivity index (χ1) is 11.0. The number of ether oxygens (including phenoxy) is 1. The maximum Gasteiger partial charge on any atom is 0.246 e. The highest BCUT2D eigenvalue weighted by Gasteiger charge is 2.10. The Morgan fingerprint density at radius 1 is 1.26 bits per heavy atom. The van der Waals surface area contributed by atoms with E-state index in [2.05, 4.69) is 0 Å². The molecule has 0 atom stereocenters. The second-order valence-corrected chi connectivity index (χ2v) is 5.83. The maximum atomic E-state index is 12.3. The summed E-state index contributed by atoms with van der Waals surface area (Å²) in [5, 5.41) is 0.622. The maximum absolute atomic E-state index is 12.3. The zero-order valence-corrected chi connectivity index (χ0v) is 14.3. The Balaban J connectivity index is 2.07. The Morgan fingerprint density at radius 3 is 2.74 bits per heavy atom. The highest BCUT2D eigenvalue weighted by Crippen LogP contribution is 2.23. The fraction of sp³-hybridized carbons (Fsp3) is 0.211. The van der Waals surface area contributed by atoms with Crippen molar-refractivity contribution in [2.45, 2.75) is 13.5 Å². The Morgan fingerprint density at radius 2 is 2.04 bits per heavy atom. The monoisotopic (exact) mass is 329 g/mol. The van der Waals surface area contributed by atoms with Crippen LogP contribution in [0.15, 0.2) is 48.5 Å². The summed E-state index contributed by atoms with van der Waals surface area (Å²) in [6.07, 6.45) is 3.40. The zero-order valence-electron chi connectivity index (χ0n) is 13.5. The number of nitrogens with zero attached hydrogens (tertiary/aromatic N) is 1. The van der Waals surface area contributed by atoms with Crippen molar-refractivity contribution in [3.63, 3.8) is 0 Å². The molecule has 2 aromatic carbocycles. The molecular weight excluding hydrogens is 310 g/mol. The van der Waals surface area contributed by atoms with E-state index in [1.807, 2.05) is 43.3 Å². The van der Waals surface area contributed by atoms with Gasteiger partial charge in [-0.1, -0.05) is 41.4 Å². The smallest absolute Gasteiger partial charge is 0.246 e. The Bertz CT molecular complexity index is 725. The minimum atomic E-state index is -0.0754. The lowest BCUT2D eigenvalue weighted by Crippen LogP contribution is -2.24. The van der Waals surface area contributed by atoms with Gasteiger partial charge < -0.3 is 9.64 Å². The van der Waals surface area contributed by atoms with Crippen molar-refractivity contribution in [1.29, 1.82) is 0 Å². The Hall–Kier alpha value is -2.26. The molecule has 0 saturated carbocycles.